The van der Waals surface area contributed by atoms with E-state index in [1.807, 2.05) is 0 Å². The second-order valence-electron chi connectivity index (χ2n) is 3.83. The molecule has 0 fully saturated rings. The van der Waals surface area contributed by atoms with Gasteiger partial charge >= 0.3 is 6.18 Å². The smallest absolute Gasteiger partial charge is 0.385 e. The summed E-state index contributed by atoms with van der Waals surface area (Å²) in [6, 6.07) is 3.04. The third-order valence-electron chi connectivity index (χ3n) is 2.50. The molecule has 0 aliphatic heterocycles. The molecule has 2 N–H and O–H groups in total. The Labute approximate surface area is 103 Å². The van der Waals surface area contributed by atoms with Crippen LogP contribution in [0.5, 0.6) is 0 Å². The van der Waals surface area contributed by atoms with Crippen LogP contribution in [-0.4, -0.2) is 19.6 Å². The summed E-state index contributed by atoms with van der Waals surface area (Å²) in [7, 11) is 1.53. The molecule has 0 spiro atoms. The molecule has 0 radical (unpaired) electrons. The third kappa shape index (κ3) is 3.73. The minimum Gasteiger partial charge on any atom is -0.385 e. The lowest BCUT2D eigenvalue weighted by molar-refractivity contribution is -0.137. The van der Waals surface area contributed by atoms with Crippen LogP contribution in [0, 0.1) is 0 Å². The SMILES string of the molecule is COCCCc1ccc(C(F)(F)F)cc1C(N)=O. The van der Waals surface area contributed by atoms with Gasteiger partial charge in [0.15, 0.2) is 0 Å². The summed E-state index contributed by atoms with van der Waals surface area (Å²) < 4.78 is 42.3. The van der Waals surface area contributed by atoms with E-state index in [1.165, 1.54) is 13.2 Å². The van der Waals surface area contributed by atoms with E-state index < -0.39 is 17.6 Å². The Hall–Kier alpha value is -1.56. The third-order valence-corrected chi connectivity index (χ3v) is 2.50. The molecule has 1 amide bonds. The number of primary amides is 1. The second kappa shape index (κ2) is 5.86. The lowest BCUT2D eigenvalue weighted by atomic mass is 9.99. The maximum Gasteiger partial charge on any atom is 0.416 e. The van der Waals surface area contributed by atoms with Gasteiger partial charge in [-0.15, -0.1) is 0 Å². The predicted molar refractivity (Wildman–Crippen MR) is 60.2 cm³/mol. The van der Waals surface area contributed by atoms with Crippen molar-refractivity contribution >= 4 is 5.91 Å². The van der Waals surface area contributed by atoms with Crippen LogP contribution in [0.25, 0.3) is 0 Å². The summed E-state index contributed by atoms with van der Waals surface area (Å²) in [6.45, 7) is 0.471. The fourth-order valence-electron chi connectivity index (χ4n) is 1.61. The van der Waals surface area contributed by atoms with Gasteiger partial charge in [-0.25, -0.2) is 0 Å². The van der Waals surface area contributed by atoms with Gasteiger partial charge in [-0.3, -0.25) is 4.79 Å². The Kier molecular flexibility index (Phi) is 4.72. The van der Waals surface area contributed by atoms with Gasteiger partial charge in [-0.2, -0.15) is 13.2 Å². The van der Waals surface area contributed by atoms with E-state index in [4.69, 9.17) is 10.5 Å². The van der Waals surface area contributed by atoms with Crippen LogP contribution in [0.4, 0.5) is 13.2 Å². The number of aryl methyl sites for hydroxylation is 1. The average Bonchev–Trinajstić information content (AvgIpc) is 2.28. The normalized spacial score (nSPS) is 11.6. The van der Waals surface area contributed by atoms with Crippen molar-refractivity contribution in [2.45, 2.75) is 19.0 Å². The highest BCUT2D eigenvalue weighted by molar-refractivity contribution is 5.94. The first-order valence-corrected chi connectivity index (χ1v) is 5.35. The maximum absolute atomic E-state index is 12.5. The van der Waals surface area contributed by atoms with Crippen LogP contribution in [0.3, 0.4) is 0 Å². The molecule has 0 aliphatic rings. The molecule has 1 rings (SSSR count). The fraction of sp³-hybridized carbons (Fsp3) is 0.417. The number of rotatable bonds is 5. The van der Waals surface area contributed by atoms with Crippen LogP contribution in [0.1, 0.15) is 27.9 Å². The highest BCUT2D eigenvalue weighted by Crippen LogP contribution is 2.30. The standard InChI is InChI=1S/C12H14F3NO2/c1-18-6-2-3-8-4-5-9(12(13,14)15)7-10(8)11(16)17/h4-5,7H,2-3,6H2,1H3,(H2,16,17). The number of hydrogen-bond donors (Lipinski definition) is 1. The van der Waals surface area contributed by atoms with Gasteiger partial charge < -0.3 is 10.5 Å². The first kappa shape index (κ1) is 14.5. The zero-order valence-electron chi connectivity index (χ0n) is 9.88. The second-order valence-corrected chi connectivity index (χ2v) is 3.83. The monoisotopic (exact) mass is 261 g/mol. The molecule has 0 aliphatic carbocycles. The number of halogens is 3. The van der Waals surface area contributed by atoms with E-state index in [-0.39, 0.29) is 5.56 Å². The topological polar surface area (TPSA) is 52.3 Å². The van der Waals surface area contributed by atoms with Crippen LogP contribution in [0.15, 0.2) is 18.2 Å². The molecule has 0 bridgehead atoms. The molecule has 0 aromatic heterocycles. The Morgan fingerprint density at radius 1 is 1.39 bits per heavy atom. The van der Waals surface area contributed by atoms with Crippen molar-refractivity contribution < 1.29 is 22.7 Å². The molecule has 0 atom stereocenters. The predicted octanol–water partition coefficient (Wildman–Crippen LogP) is 2.38. The molecular weight excluding hydrogens is 247 g/mol. The Bertz CT molecular complexity index is 430. The number of nitrogens with two attached hydrogens (primary N) is 1. The lowest BCUT2D eigenvalue weighted by Gasteiger charge is -2.11. The van der Waals surface area contributed by atoms with Gasteiger partial charge in [0.05, 0.1) is 5.56 Å². The minimum atomic E-state index is -4.48. The van der Waals surface area contributed by atoms with Crippen LogP contribution >= 0.6 is 0 Å². The molecule has 0 heterocycles. The van der Waals surface area contributed by atoms with Gasteiger partial charge in [0, 0.05) is 19.3 Å². The zero-order chi connectivity index (χ0) is 13.8. The number of hydrogen-bond acceptors (Lipinski definition) is 2. The number of carbonyl (C=O) groups excluding carboxylic acids is 1. The Balaban J connectivity index is 3.01. The van der Waals surface area contributed by atoms with Crippen molar-refractivity contribution in [2.24, 2.45) is 5.73 Å². The van der Waals surface area contributed by atoms with Gasteiger partial charge in [0.1, 0.15) is 0 Å². The minimum absolute atomic E-state index is 0.0825. The number of amides is 1. The summed E-state index contributed by atoms with van der Waals surface area (Å²) >= 11 is 0. The largest absolute Gasteiger partial charge is 0.416 e. The number of ether oxygens (including phenoxy) is 1. The van der Waals surface area contributed by atoms with E-state index in [1.54, 1.807) is 0 Å². The summed E-state index contributed by atoms with van der Waals surface area (Å²) in [5.41, 5.74) is 4.65. The quantitative estimate of drug-likeness (QED) is 0.827. The van der Waals surface area contributed by atoms with Gasteiger partial charge in [0.2, 0.25) is 5.91 Å². The van der Waals surface area contributed by atoms with Crippen molar-refractivity contribution in [3.63, 3.8) is 0 Å². The van der Waals surface area contributed by atoms with E-state index in [0.29, 0.717) is 25.0 Å². The molecule has 0 unspecified atom stereocenters. The molecule has 1 aromatic carbocycles. The fourth-order valence-corrected chi connectivity index (χ4v) is 1.61. The molecule has 1 aromatic rings. The highest BCUT2D eigenvalue weighted by atomic mass is 19.4. The number of alkyl halides is 3. The Morgan fingerprint density at radius 3 is 2.56 bits per heavy atom. The molecule has 0 saturated carbocycles. The maximum atomic E-state index is 12.5. The van der Waals surface area contributed by atoms with Gasteiger partial charge in [0.25, 0.3) is 0 Å². The number of methoxy groups -OCH3 is 1. The van der Waals surface area contributed by atoms with Gasteiger partial charge in [-0.1, -0.05) is 6.07 Å². The van der Waals surface area contributed by atoms with Crippen molar-refractivity contribution in [3.05, 3.63) is 34.9 Å². The first-order valence-electron chi connectivity index (χ1n) is 5.35. The van der Waals surface area contributed by atoms with Crippen LogP contribution < -0.4 is 5.73 Å². The van der Waals surface area contributed by atoms with E-state index in [0.717, 1.165) is 12.1 Å². The molecular formula is C12H14F3NO2. The zero-order valence-corrected chi connectivity index (χ0v) is 9.88. The summed E-state index contributed by atoms with van der Waals surface area (Å²) in [4.78, 5) is 11.2. The molecule has 0 saturated heterocycles. The molecule has 6 heteroatoms. The van der Waals surface area contributed by atoms with Crippen LogP contribution in [0.2, 0.25) is 0 Å². The summed E-state index contributed by atoms with van der Waals surface area (Å²) in [5.74, 6) is -0.853. The van der Waals surface area contributed by atoms with Crippen molar-refractivity contribution in [1.29, 1.82) is 0 Å². The van der Waals surface area contributed by atoms with Crippen molar-refractivity contribution in [3.8, 4) is 0 Å². The number of benzene rings is 1. The summed E-state index contributed by atoms with van der Waals surface area (Å²) in [5, 5.41) is 0. The highest BCUT2D eigenvalue weighted by Gasteiger charge is 2.31. The summed E-state index contributed by atoms with van der Waals surface area (Å²) in [6.07, 6.45) is -3.42. The molecule has 3 nitrogen and oxygen atoms in total. The lowest BCUT2D eigenvalue weighted by Crippen LogP contribution is -2.16. The average molecular weight is 261 g/mol. The first-order chi connectivity index (χ1) is 8.36. The van der Waals surface area contributed by atoms with Crippen LogP contribution in [-0.2, 0) is 17.3 Å². The van der Waals surface area contributed by atoms with Crippen molar-refractivity contribution in [2.75, 3.05) is 13.7 Å². The van der Waals surface area contributed by atoms with E-state index >= 15 is 0 Å². The molecule has 100 valence electrons. The number of carbonyl (C=O) groups is 1. The molecule has 18 heavy (non-hydrogen) atoms. The van der Waals surface area contributed by atoms with E-state index in [2.05, 4.69) is 0 Å². The van der Waals surface area contributed by atoms with Crippen molar-refractivity contribution in [1.82, 2.24) is 0 Å². The van der Waals surface area contributed by atoms with E-state index in [9.17, 15) is 18.0 Å². The van der Waals surface area contributed by atoms with Gasteiger partial charge in [-0.05, 0) is 30.5 Å². The Morgan fingerprint density at radius 2 is 2.06 bits per heavy atom.